The summed E-state index contributed by atoms with van der Waals surface area (Å²) in [6.07, 6.45) is 0. The average molecular weight is 223 g/mol. The van der Waals surface area contributed by atoms with Crippen LogP contribution in [0.5, 0.6) is 0 Å². The van der Waals surface area contributed by atoms with Crippen molar-refractivity contribution in [1.29, 1.82) is 0 Å². The lowest BCUT2D eigenvalue weighted by Gasteiger charge is -1.96. The second-order valence-electron chi connectivity index (χ2n) is 2.16. The molecule has 6 heteroatoms. The van der Waals surface area contributed by atoms with Crippen molar-refractivity contribution in [1.82, 2.24) is 0 Å². The van der Waals surface area contributed by atoms with Crippen molar-refractivity contribution in [2.24, 2.45) is 0 Å². The highest BCUT2D eigenvalue weighted by molar-refractivity contribution is 7.32. The molecule has 5 nitrogen and oxygen atoms in total. The first-order valence-electron chi connectivity index (χ1n) is 4.07. The monoisotopic (exact) mass is 223 g/mol. The molecule has 14 heavy (non-hydrogen) atoms. The number of esters is 1. The van der Waals surface area contributed by atoms with Crippen LogP contribution in [0.25, 0.3) is 0 Å². The molecule has 0 rings (SSSR count). The van der Waals surface area contributed by atoms with Crippen molar-refractivity contribution in [2.45, 2.75) is 20.8 Å². The fourth-order valence-corrected chi connectivity index (χ4v) is 0.586. The first-order valence-corrected chi connectivity index (χ1v) is 5.20. The van der Waals surface area contributed by atoms with Gasteiger partial charge in [0.25, 0.3) is 0 Å². The zero-order chi connectivity index (χ0) is 11.6. The standard InChI is InChI=1S/C6H10O2.C2H5O3P/c1-4-8-6(7)5(2)3;1-2-5-6(3)4/h2,4H2,1,3H3;2H2,1H3/p+1. The Bertz CT molecular complexity index is 202. The first kappa shape index (κ1) is 15.7. The van der Waals surface area contributed by atoms with E-state index in [2.05, 4.69) is 15.8 Å². The number of carbonyl (C=O) groups is 1. The fourth-order valence-electron chi connectivity index (χ4n) is 0.365. The van der Waals surface area contributed by atoms with Gasteiger partial charge in [-0.3, -0.25) is 0 Å². The van der Waals surface area contributed by atoms with Crippen molar-refractivity contribution in [3.05, 3.63) is 12.2 Å². The van der Waals surface area contributed by atoms with Crippen molar-refractivity contribution in [3.8, 4) is 0 Å². The smallest absolute Gasteiger partial charge is 0.463 e. The summed E-state index contributed by atoms with van der Waals surface area (Å²) < 4.78 is 18.2. The third-order valence-corrected chi connectivity index (χ3v) is 1.34. The minimum atomic E-state index is -2.35. The quantitative estimate of drug-likeness (QED) is 0.447. The highest BCUT2D eigenvalue weighted by Gasteiger charge is 2.06. The van der Waals surface area contributed by atoms with E-state index in [0.29, 0.717) is 18.8 Å². The largest absolute Gasteiger partial charge is 0.694 e. The second kappa shape index (κ2) is 10.3. The van der Waals surface area contributed by atoms with Crippen molar-refractivity contribution in [2.75, 3.05) is 13.2 Å². The van der Waals surface area contributed by atoms with Crippen LogP contribution >= 0.6 is 8.25 Å². The summed E-state index contributed by atoms with van der Waals surface area (Å²) in [5.74, 6) is -0.312. The zero-order valence-corrected chi connectivity index (χ0v) is 9.54. The van der Waals surface area contributed by atoms with E-state index in [1.165, 1.54) is 0 Å². The van der Waals surface area contributed by atoms with Crippen LogP contribution < -0.4 is 0 Å². The molecule has 0 amide bonds. The Kier molecular flexibility index (Phi) is 11.6. The Labute approximate surface area is 84.7 Å². The molecule has 0 spiro atoms. The van der Waals surface area contributed by atoms with Crippen LogP contribution in [0.4, 0.5) is 0 Å². The predicted octanol–water partition coefficient (Wildman–Crippen LogP) is 1.80. The summed E-state index contributed by atoms with van der Waals surface area (Å²) in [7, 11) is -2.35. The molecule has 0 radical (unpaired) electrons. The van der Waals surface area contributed by atoms with E-state index in [4.69, 9.17) is 4.89 Å². The van der Waals surface area contributed by atoms with Crippen LogP contribution in [0.15, 0.2) is 12.2 Å². The molecule has 0 aliphatic carbocycles. The van der Waals surface area contributed by atoms with Gasteiger partial charge in [0.05, 0.1) is 6.61 Å². The summed E-state index contributed by atoms with van der Waals surface area (Å²) in [6, 6.07) is 0. The molecule has 0 aromatic carbocycles. The number of rotatable bonds is 4. The molecule has 0 aliphatic rings. The lowest BCUT2D eigenvalue weighted by molar-refractivity contribution is -0.138. The van der Waals surface area contributed by atoms with Gasteiger partial charge in [-0.05, 0) is 20.8 Å². The van der Waals surface area contributed by atoms with Crippen molar-refractivity contribution in [3.63, 3.8) is 0 Å². The van der Waals surface area contributed by atoms with E-state index in [1.54, 1.807) is 20.8 Å². The molecule has 0 saturated heterocycles. The first-order chi connectivity index (χ1) is 6.45. The Morgan fingerprint density at radius 2 is 1.93 bits per heavy atom. The molecular weight excluding hydrogens is 207 g/mol. The Morgan fingerprint density at radius 1 is 1.43 bits per heavy atom. The topological polar surface area (TPSA) is 72.8 Å². The van der Waals surface area contributed by atoms with Gasteiger partial charge in [0.15, 0.2) is 0 Å². The summed E-state index contributed by atoms with van der Waals surface area (Å²) in [5.41, 5.74) is 0.451. The van der Waals surface area contributed by atoms with Crippen LogP contribution in [0, 0.1) is 0 Å². The lowest BCUT2D eigenvalue weighted by Crippen LogP contribution is -2.03. The van der Waals surface area contributed by atoms with Gasteiger partial charge in [-0.2, -0.15) is 0 Å². The normalized spacial score (nSPS) is 9.57. The van der Waals surface area contributed by atoms with Crippen LogP contribution in [0.2, 0.25) is 0 Å². The summed E-state index contributed by atoms with van der Waals surface area (Å²) in [6.45, 7) is 9.16. The van der Waals surface area contributed by atoms with Gasteiger partial charge >= 0.3 is 14.2 Å². The third kappa shape index (κ3) is 13.8. The lowest BCUT2D eigenvalue weighted by atomic mass is 10.4. The van der Waals surface area contributed by atoms with E-state index in [-0.39, 0.29) is 5.97 Å². The summed E-state index contributed by atoms with van der Waals surface area (Å²) in [5, 5.41) is 0. The molecule has 0 fully saturated rings. The number of hydrogen-bond donors (Lipinski definition) is 1. The van der Waals surface area contributed by atoms with Crippen LogP contribution in [-0.2, 0) is 18.6 Å². The summed E-state index contributed by atoms with van der Waals surface area (Å²) >= 11 is 0. The maximum atomic E-state index is 10.4. The fraction of sp³-hybridized carbons (Fsp3) is 0.625. The minimum absolute atomic E-state index is 0.297. The molecular formula is C8H16O5P+. The molecule has 1 atom stereocenters. The SMILES string of the molecule is C=C(C)C(=O)OCC.CCO[P+](=O)O. The minimum Gasteiger partial charge on any atom is -0.463 e. The zero-order valence-electron chi connectivity index (χ0n) is 8.65. The van der Waals surface area contributed by atoms with Gasteiger partial charge < -0.3 is 4.74 Å². The van der Waals surface area contributed by atoms with Gasteiger partial charge in [0, 0.05) is 10.1 Å². The molecule has 1 N–H and O–H groups in total. The van der Waals surface area contributed by atoms with E-state index >= 15 is 0 Å². The molecule has 1 unspecified atom stereocenters. The predicted molar refractivity (Wildman–Crippen MR) is 52.9 cm³/mol. The number of carbonyl (C=O) groups excluding carboxylic acids is 1. The maximum Gasteiger partial charge on any atom is 0.694 e. The van der Waals surface area contributed by atoms with Gasteiger partial charge in [0.1, 0.15) is 6.61 Å². The van der Waals surface area contributed by atoms with E-state index in [0.717, 1.165) is 0 Å². The molecule has 0 heterocycles. The molecule has 0 saturated carbocycles. The highest BCUT2D eigenvalue weighted by atomic mass is 31.1. The second-order valence-corrected chi connectivity index (χ2v) is 2.89. The van der Waals surface area contributed by atoms with Crippen LogP contribution in [0.1, 0.15) is 20.8 Å². The van der Waals surface area contributed by atoms with E-state index in [9.17, 15) is 9.36 Å². The van der Waals surface area contributed by atoms with Gasteiger partial charge in [-0.15, -0.1) is 9.42 Å². The van der Waals surface area contributed by atoms with Gasteiger partial charge in [0.2, 0.25) is 0 Å². The van der Waals surface area contributed by atoms with E-state index in [1.807, 2.05) is 0 Å². The average Bonchev–Trinajstić information content (AvgIpc) is 2.05. The molecule has 0 bridgehead atoms. The molecule has 0 aromatic heterocycles. The third-order valence-electron chi connectivity index (χ3n) is 0.863. The molecule has 82 valence electrons. The Morgan fingerprint density at radius 3 is 2.00 bits per heavy atom. The van der Waals surface area contributed by atoms with E-state index < -0.39 is 8.25 Å². The summed E-state index contributed by atoms with van der Waals surface area (Å²) in [4.78, 5) is 18.3. The number of ether oxygens (including phenoxy) is 1. The van der Waals surface area contributed by atoms with Crippen molar-refractivity contribution >= 4 is 14.2 Å². The van der Waals surface area contributed by atoms with Crippen LogP contribution in [-0.4, -0.2) is 24.1 Å². The Hall–Kier alpha value is -0.770. The maximum absolute atomic E-state index is 10.4. The van der Waals surface area contributed by atoms with Crippen molar-refractivity contribution < 1.29 is 23.5 Å². The highest BCUT2D eigenvalue weighted by Crippen LogP contribution is 2.12. The molecule has 0 aliphatic heterocycles. The van der Waals surface area contributed by atoms with Crippen LogP contribution in [0.3, 0.4) is 0 Å². The Balaban J connectivity index is 0. The number of hydrogen-bond acceptors (Lipinski definition) is 4. The van der Waals surface area contributed by atoms with Gasteiger partial charge in [-0.25, -0.2) is 4.79 Å². The molecule has 0 aromatic rings. The van der Waals surface area contributed by atoms with Gasteiger partial charge in [-0.1, -0.05) is 6.58 Å².